The molecule has 0 aliphatic carbocycles. The Kier molecular flexibility index (Phi) is 21.3. The highest BCUT2D eigenvalue weighted by atomic mass is 16.5. The first-order chi connectivity index (χ1) is 15.0. The first-order valence-corrected chi connectivity index (χ1v) is 13.1. The van der Waals surface area contributed by atoms with Crippen molar-refractivity contribution in [2.75, 3.05) is 32.8 Å². The summed E-state index contributed by atoms with van der Waals surface area (Å²) in [7, 11) is 0. The van der Waals surface area contributed by atoms with E-state index in [1.807, 2.05) is 18.7 Å². The zero-order valence-electron chi connectivity index (χ0n) is 21.2. The fourth-order valence-electron chi connectivity index (χ4n) is 3.73. The lowest BCUT2D eigenvalue weighted by Gasteiger charge is -2.16. The molecular weight excluding hydrogens is 388 g/mol. The molecule has 0 aromatic rings. The summed E-state index contributed by atoms with van der Waals surface area (Å²) in [5, 5.41) is 2.84. The van der Waals surface area contributed by atoms with Crippen molar-refractivity contribution in [1.29, 1.82) is 0 Å². The molecule has 0 fully saturated rings. The van der Waals surface area contributed by atoms with Crippen molar-refractivity contribution in [2.24, 2.45) is 5.92 Å². The van der Waals surface area contributed by atoms with E-state index in [1.54, 1.807) is 0 Å². The number of rotatable bonds is 22. The smallest absolute Gasteiger partial charge is 0.320 e. The van der Waals surface area contributed by atoms with Gasteiger partial charge in [-0.05, 0) is 25.4 Å². The second-order valence-corrected chi connectivity index (χ2v) is 9.21. The van der Waals surface area contributed by atoms with E-state index < -0.39 is 0 Å². The van der Waals surface area contributed by atoms with E-state index in [0.717, 1.165) is 31.8 Å². The number of nitrogens with one attached hydrogen (secondary N) is 1. The van der Waals surface area contributed by atoms with Gasteiger partial charge < -0.3 is 10.1 Å². The Morgan fingerprint density at radius 1 is 0.774 bits per heavy atom. The van der Waals surface area contributed by atoms with Gasteiger partial charge in [0.15, 0.2) is 0 Å². The number of likely N-dealkylation sites (N-methyl/N-ethyl adjacent to an activating group) is 1. The van der Waals surface area contributed by atoms with Crippen LogP contribution in [0, 0.1) is 5.92 Å². The Balaban J connectivity index is 3.32. The summed E-state index contributed by atoms with van der Waals surface area (Å²) in [6.45, 7) is 11.3. The van der Waals surface area contributed by atoms with Crippen molar-refractivity contribution in [3.8, 4) is 0 Å². The van der Waals surface area contributed by atoms with Crippen LogP contribution in [0.1, 0.15) is 118 Å². The van der Waals surface area contributed by atoms with E-state index in [9.17, 15) is 9.59 Å². The summed E-state index contributed by atoms with van der Waals surface area (Å²) < 4.78 is 5.16. The molecule has 31 heavy (non-hydrogen) atoms. The van der Waals surface area contributed by atoms with Gasteiger partial charge in [0, 0.05) is 6.42 Å². The van der Waals surface area contributed by atoms with E-state index in [0.29, 0.717) is 19.5 Å². The van der Waals surface area contributed by atoms with Gasteiger partial charge in [0.25, 0.3) is 0 Å². The van der Waals surface area contributed by atoms with Gasteiger partial charge in [-0.15, -0.1) is 0 Å². The number of hydrogen-bond acceptors (Lipinski definition) is 4. The predicted molar refractivity (Wildman–Crippen MR) is 131 cm³/mol. The summed E-state index contributed by atoms with van der Waals surface area (Å²) in [6.07, 6.45) is 17.6. The zero-order valence-corrected chi connectivity index (χ0v) is 21.2. The fourth-order valence-corrected chi connectivity index (χ4v) is 3.73. The number of esters is 1. The maximum atomic E-state index is 11.8. The van der Waals surface area contributed by atoms with Gasteiger partial charge in [0.05, 0.1) is 13.1 Å². The monoisotopic (exact) mass is 440 g/mol. The van der Waals surface area contributed by atoms with Crippen LogP contribution in [0.3, 0.4) is 0 Å². The third kappa shape index (κ3) is 21.9. The van der Waals surface area contributed by atoms with Gasteiger partial charge in [-0.25, -0.2) is 0 Å². The zero-order chi connectivity index (χ0) is 23.2. The van der Waals surface area contributed by atoms with Crippen molar-refractivity contribution < 1.29 is 14.3 Å². The molecule has 0 aromatic heterocycles. The quantitative estimate of drug-likeness (QED) is 0.163. The van der Waals surface area contributed by atoms with Crippen molar-refractivity contribution in [1.82, 2.24) is 10.2 Å². The molecule has 0 saturated heterocycles. The van der Waals surface area contributed by atoms with Crippen LogP contribution in [0.15, 0.2) is 0 Å². The van der Waals surface area contributed by atoms with E-state index in [-0.39, 0.29) is 18.5 Å². The molecule has 5 heteroatoms. The molecule has 184 valence electrons. The molecule has 0 spiro atoms. The number of ether oxygens (including phenoxy) is 1. The van der Waals surface area contributed by atoms with E-state index in [4.69, 9.17) is 4.74 Å². The Morgan fingerprint density at radius 3 is 1.74 bits per heavy atom. The van der Waals surface area contributed by atoms with Crippen LogP contribution in [-0.2, 0) is 14.3 Å². The molecule has 5 nitrogen and oxygen atoms in total. The van der Waals surface area contributed by atoms with Crippen molar-refractivity contribution >= 4 is 11.9 Å². The number of carbonyl (C=O) groups is 2. The second kappa shape index (κ2) is 22.1. The summed E-state index contributed by atoms with van der Waals surface area (Å²) >= 11 is 0. The number of unbranched alkanes of at least 4 members (excludes halogenated alkanes) is 11. The van der Waals surface area contributed by atoms with E-state index >= 15 is 0 Å². The fraction of sp³-hybridized carbons (Fsp3) is 0.923. The first kappa shape index (κ1) is 29.9. The number of hydrogen-bond donors (Lipinski definition) is 1. The Labute approximate surface area is 193 Å². The van der Waals surface area contributed by atoms with Crippen LogP contribution in [0.4, 0.5) is 0 Å². The van der Waals surface area contributed by atoms with Crippen LogP contribution >= 0.6 is 0 Å². The van der Waals surface area contributed by atoms with Crippen LogP contribution in [0.2, 0.25) is 0 Å². The number of nitrogens with zero attached hydrogens (tertiary/aromatic N) is 1. The maximum absolute atomic E-state index is 11.8. The minimum absolute atomic E-state index is 0.0631. The molecule has 0 aliphatic heterocycles. The lowest BCUT2D eigenvalue weighted by molar-refractivity contribution is -0.145. The molecule has 0 aromatic carbocycles. The van der Waals surface area contributed by atoms with E-state index in [1.165, 1.54) is 70.6 Å². The van der Waals surface area contributed by atoms with Gasteiger partial charge in [0.1, 0.15) is 6.61 Å². The summed E-state index contributed by atoms with van der Waals surface area (Å²) in [4.78, 5) is 25.5. The molecule has 0 heterocycles. The Bertz CT molecular complexity index is 423. The van der Waals surface area contributed by atoms with Gasteiger partial charge in [-0.2, -0.15) is 0 Å². The Hall–Kier alpha value is -1.10. The van der Waals surface area contributed by atoms with Gasteiger partial charge in [-0.3, -0.25) is 14.5 Å². The predicted octanol–water partition coefficient (Wildman–Crippen LogP) is 6.11. The average molecular weight is 441 g/mol. The highest BCUT2D eigenvalue weighted by Gasteiger charge is 2.08. The standard InChI is InChI=1S/C26H52N2O3/c1-5-28(6-2)23-26(30)31-22-21-27-25(29)20-18-16-14-12-10-8-7-9-11-13-15-17-19-24(3)4/h24H,5-23H2,1-4H3,(H,27,29). The molecule has 0 rings (SSSR count). The summed E-state index contributed by atoms with van der Waals surface area (Å²) in [5.74, 6) is 0.696. The first-order valence-electron chi connectivity index (χ1n) is 13.1. The maximum Gasteiger partial charge on any atom is 0.320 e. The van der Waals surface area contributed by atoms with Gasteiger partial charge in [-0.1, -0.05) is 105 Å². The highest BCUT2D eigenvalue weighted by molar-refractivity contribution is 5.75. The molecule has 0 bridgehead atoms. The van der Waals surface area contributed by atoms with E-state index in [2.05, 4.69) is 19.2 Å². The second-order valence-electron chi connectivity index (χ2n) is 9.21. The largest absolute Gasteiger partial charge is 0.463 e. The third-order valence-corrected chi connectivity index (χ3v) is 5.87. The lowest BCUT2D eigenvalue weighted by atomic mass is 10.0. The average Bonchev–Trinajstić information content (AvgIpc) is 2.75. The molecule has 0 aliphatic rings. The number of carbonyl (C=O) groups excluding carboxylic acids is 2. The van der Waals surface area contributed by atoms with Crippen LogP contribution in [0.5, 0.6) is 0 Å². The van der Waals surface area contributed by atoms with Crippen LogP contribution in [-0.4, -0.2) is 49.6 Å². The lowest BCUT2D eigenvalue weighted by Crippen LogP contribution is -2.33. The Morgan fingerprint density at radius 2 is 1.26 bits per heavy atom. The molecule has 1 amide bonds. The minimum atomic E-state index is -0.223. The summed E-state index contributed by atoms with van der Waals surface area (Å²) in [5.41, 5.74) is 0. The van der Waals surface area contributed by atoms with Crippen molar-refractivity contribution in [2.45, 2.75) is 118 Å². The van der Waals surface area contributed by atoms with Crippen molar-refractivity contribution in [3.05, 3.63) is 0 Å². The summed E-state index contributed by atoms with van der Waals surface area (Å²) in [6, 6.07) is 0. The molecule has 0 atom stereocenters. The molecule has 0 saturated carbocycles. The molecule has 0 radical (unpaired) electrons. The van der Waals surface area contributed by atoms with Crippen LogP contribution < -0.4 is 5.32 Å². The topological polar surface area (TPSA) is 58.6 Å². The third-order valence-electron chi connectivity index (χ3n) is 5.87. The molecular formula is C26H52N2O3. The number of amides is 1. The van der Waals surface area contributed by atoms with Gasteiger partial charge >= 0.3 is 5.97 Å². The van der Waals surface area contributed by atoms with Crippen LogP contribution in [0.25, 0.3) is 0 Å². The SMILES string of the molecule is CCN(CC)CC(=O)OCCNC(=O)CCCCCCCCCCCCCCC(C)C. The van der Waals surface area contributed by atoms with Crippen molar-refractivity contribution in [3.63, 3.8) is 0 Å². The molecule has 1 N–H and O–H groups in total. The van der Waals surface area contributed by atoms with Gasteiger partial charge in [0.2, 0.25) is 5.91 Å². The minimum Gasteiger partial charge on any atom is -0.463 e. The molecule has 0 unspecified atom stereocenters. The highest BCUT2D eigenvalue weighted by Crippen LogP contribution is 2.14. The normalized spacial score (nSPS) is 11.3.